The van der Waals surface area contributed by atoms with Crippen molar-refractivity contribution in [2.24, 2.45) is 0 Å². The number of carboxylic acid groups (broad SMARTS) is 1. The number of benzene rings is 8. The minimum Gasteiger partial charge on any atom is -0.870 e. The Balaban J connectivity index is 0.000000302. The second-order valence-electron chi connectivity index (χ2n) is 22.7. The molecule has 0 radical (unpaired) electrons. The molecule has 28 nitrogen and oxygen atoms in total. The molecule has 0 atom stereocenters. The van der Waals surface area contributed by atoms with E-state index in [9.17, 15) is 43.8 Å². The van der Waals surface area contributed by atoms with E-state index in [2.05, 4.69) is 35.4 Å². The molecule has 602 valence electrons. The zero-order valence-corrected chi connectivity index (χ0v) is 70.2. The third-order valence-electron chi connectivity index (χ3n) is 16.0. The average Bonchev–Trinajstić information content (AvgIpc) is 0.744. The Morgan fingerprint density at radius 2 is 0.752 bits per heavy atom. The van der Waals surface area contributed by atoms with Gasteiger partial charge in [-0.15, -0.1) is 0 Å². The van der Waals surface area contributed by atoms with Gasteiger partial charge < -0.3 is 102 Å². The van der Waals surface area contributed by atoms with E-state index in [0.29, 0.717) is 174 Å². The van der Waals surface area contributed by atoms with Crippen molar-refractivity contribution in [3.63, 3.8) is 0 Å². The minimum atomic E-state index is -1.07. The van der Waals surface area contributed by atoms with Crippen LogP contribution < -0.4 is 73.7 Å². The van der Waals surface area contributed by atoms with Gasteiger partial charge >= 0.3 is 36.8 Å². The molecule has 0 aliphatic rings. The van der Waals surface area contributed by atoms with Crippen LogP contribution in [-0.4, -0.2) is 184 Å². The molecule has 0 aliphatic carbocycles. The van der Waals surface area contributed by atoms with Gasteiger partial charge in [0.1, 0.15) is 55.9 Å². The van der Waals surface area contributed by atoms with Crippen molar-refractivity contribution < 1.29 is 116 Å². The number of hydrogen-bond donors (Lipinski definition) is 4. The van der Waals surface area contributed by atoms with Gasteiger partial charge in [-0.2, -0.15) is 0 Å². The number of nitrogens with zero attached hydrogens (tertiary/aromatic N) is 2. The van der Waals surface area contributed by atoms with Crippen LogP contribution in [0.4, 0.5) is 0 Å². The van der Waals surface area contributed by atoms with E-state index < -0.39 is 18.5 Å². The number of carbonyl (C=O) groups excluding carboxylic acids is 2. The normalized spacial score (nSPS) is 10.5. The number of phenols is 1. The first-order valence-corrected chi connectivity index (χ1v) is 37.6. The maximum atomic E-state index is 13.2. The van der Waals surface area contributed by atoms with Crippen molar-refractivity contribution in [2.45, 2.75) is 26.9 Å². The molecule has 35 heteroatoms. The number of aromatic nitrogens is 4. The first kappa shape index (κ1) is 96.5. The summed E-state index contributed by atoms with van der Waals surface area (Å²) in [6.07, 6.45) is 0. The summed E-state index contributed by atoms with van der Waals surface area (Å²) in [6, 6.07) is 33.3. The molecule has 8 aromatic carbocycles. The van der Waals surface area contributed by atoms with Gasteiger partial charge in [0.15, 0.2) is 44.7 Å². The molecule has 113 heavy (non-hydrogen) atoms. The van der Waals surface area contributed by atoms with Gasteiger partial charge in [0.25, 0.3) is 0 Å². The summed E-state index contributed by atoms with van der Waals surface area (Å²) in [7, 11) is 12.3. The van der Waals surface area contributed by atoms with Crippen molar-refractivity contribution in [3.05, 3.63) is 182 Å². The Morgan fingerprint density at radius 1 is 0.425 bits per heavy atom. The molecule has 4 heterocycles. The first-order valence-electron chi connectivity index (χ1n) is 33.5. The topological polar surface area (TPSA) is 383 Å². The van der Waals surface area contributed by atoms with Gasteiger partial charge in [-0.3, -0.25) is 33.6 Å². The van der Waals surface area contributed by atoms with Crippen molar-refractivity contribution in [3.8, 4) is 46.0 Å². The quantitative estimate of drug-likeness (QED) is 0.0103. The predicted octanol–water partition coefficient (Wildman–Crippen LogP) is 10.8. The fraction of sp³-hybridized carbons (Fsp3) is 0.295. The van der Waals surface area contributed by atoms with Gasteiger partial charge in [-0.05, 0) is 111 Å². The number of hydrogen-bond acceptors (Lipinski definition) is 22. The Hall–Kier alpha value is -8.82. The SMILES string of the molecule is CCOC(=O)CI.CCOC(=O)Cn1c2c(OCCOC)cccc2c(=O)c2ccc(Cl)c(OC)c21.COCCBr.COCCOc1cccc2c(=O)c3ccc(Cl)c(OC)c3[nH]c12.COCCOc1cccc2c(=O)c3ccc(Cl)c(OC)c3n(CC(=O)O)c12.COc1c(Cl)ccc2c(=O)c3cccc(O)c3[nH]c12.O.[Li+].[OH-]. The smallest absolute Gasteiger partial charge is 0.870 e. The van der Waals surface area contributed by atoms with Crippen LogP contribution in [-0.2, 0) is 55.9 Å². The summed E-state index contributed by atoms with van der Waals surface area (Å²) in [5, 5.41) is 25.1. The van der Waals surface area contributed by atoms with E-state index in [0.717, 1.165) is 11.9 Å². The number of halogens is 6. The maximum absolute atomic E-state index is 13.2. The third-order valence-corrected chi connectivity index (χ3v) is 18.2. The van der Waals surface area contributed by atoms with E-state index in [1.54, 1.807) is 162 Å². The van der Waals surface area contributed by atoms with Gasteiger partial charge in [0.05, 0.1) is 169 Å². The summed E-state index contributed by atoms with van der Waals surface area (Å²) in [5.74, 6) is 1.14. The molecule has 0 saturated carbocycles. The van der Waals surface area contributed by atoms with Crippen molar-refractivity contribution >= 4 is 190 Å². The monoisotopic (exact) mass is 1810 g/mol. The summed E-state index contributed by atoms with van der Waals surface area (Å²) < 4.78 is 71.6. The molecule has 0 amide bonds. The summed E-state index contributed by atoms with van der Waals surface area (Å²) in [5.41, 5.74) is 2.85. The molecule has 0 saturated heterocycles. The molecular weight excluding hydrogens is 1730 g/mol. The van der Waals surface area contributed by atoms with E-state index in [4.69, 9.17) is 98.5 Å². The second-order valence-corrected chi connectivity index (χ2v) is 25.9. The molecular formula is C78H83BrCl4ILiN4O24. The molecule has 12 aromatic rings. The number of aromatic hydroxyl groups is 1. The number of carbonyl (C=O) groups is 3. The molecule has 4 aromatic heterocycles. The van der Waals surface area contributed by atoms with Crippen LogP contribution in [0.3, 0.4) is 0 Å². The Bertz CT molecular complexity index is 5520. The fourth-order valence-corrected chi connectivity index (χ4v) is 12.9. The first-order chi connectivity index (χ1) is 53.0. The predicted molar refractivity (Wildman–Crippen MR) is 447 cm³/mol. The largest absolute Gasteiger partial charge is 1.00 e. The summed E-state index contributed by atoms with van der Waals surface area (Å²) in [6.45, 7) is 6.65. The standard InChI is InChI=1S/C21H22ClNO6.C19H18ClNO6.C17H16ClNO4.C14H10ClNO3.C4H7IO2.C3H7BrO.Li.2H2O/c1-4-28-17(24)12-23-18-13(6-5-7-16(18)29-11-10-26-2)20(25)14-8-9-15(22)21(27-3)19(14)23;1-25-8-9-27-14-5-3-4-11-16(14)21(10-15(22)23)17-12(18(11)24)6-7-13(20)19(17)26-2;1-21-8-9-23-13-5-3-4-10-14(13)19-15-11(16(10)20)6-7-12(18)17(15)22-2;1-19-14-9(15)6-5-8-12(14)16-11-7(13(8)18)3-2-4-10(11)17;1-2-7-4(6)3-5;1-5-3-2-4;;;/h5-9H,4,10-12H2,1-3H3;3-7H,8-10H2,1-2H3,(H,22,23);3-7H,8-9H2,1-2H3,(H,19,20);2-6,17H,1H3,(H,16,18);2-3H2,1H3;2-3H2,1H3;;2*1H2/q;;;;;;+1;;/p-1. The number of phenolic OH excluding ortho intramolecular Hbond substituents is 1. The third kappa shape index (κ3) is 23.5. The molecule has 0 unspecified atom stereocenters. The number of esters is 2. The van der Waals surface area contributed by atoms with E-state index >= 15 is 0 Å². The summed E-state index contributed by atoms with van der Waals surface area (Å²) >= 11 is 29.9. The van der Waals surface area contributed by atoms with Crippen molar-refractivity contribution in [1.29, 1.82) is 0 Å². The molecule has 0 fully saturated rings. The van der Waals surface area contributed by atoms with Gasteiger partial charge in [-0.1, -0.05) is 109 Å². The van der Waals surface area contributed by atoms with Crippen molar-refractivity contribution in [1.82, 2.24) is 19.1 Å². The molecule has 0 bridgehead atoms. The van der Waals surface area contributed by atoms with Crippen LogP contribution in [0.25, 0.3) is 87.2 Å². The number of alkyl halides is 2. The second kappa shape index (κ2) is 47.8. The fourth-order valence-electron chi connectivity index (χ4n) is 11.4. The van der Waals surface area contributed by atoms with Crippen LogP contribution in [0.5, 0.6) is 46.0 Å². The van der Waals surface area contributed by atoms with Crippen LogP contribution in [0.15, 0.2) is 141 Å². The van der Waals surface area contributed by atoms with Gasteiger partial charge in [0, 0.05) is 44.5 Å². The zero-order chi connectivity index (χ0) is 80.3. The average molecular weight is 1820 g/mol. The zero-order valence-electron chi connectivity index (χ0n) is 63.4. The van der Waals surface area contributed by atoms with Gasteiger partial charge in [-0.25, -0.2) is 0 Å². The van der Waals surface area contributed by atoms with E-state index in [-0.39, 0.29) is 100 Å². The number of nitrogens with one attached hydrogen (secondary N) is 2. The number of rotatable bonds is 25. The van der Waals surface area contributed by atoms with E-state index in [1.807, 2.05) is 22.6 Å². The number of pyridine rings is 4. The number of methoxy groups -OCH3 is 8. The van der Waals surface area contributed by atoms with E-state index in [1.165, 1.54) is 39.1 Å². The number of H-pyrrole nitrogens is 2. The number of aromatic amines is 2. The van der Waals surface area contributed by atoms with Crippen LogP contribution in [0.2, 0.25) is 20.1 Å². The number of aliphatic carboxylic acids is 1. The van der Waals surface area contributed by atoms with Gasteiger partial charge in [0.2, 0.25) is 0 Å². The number of fused-ring (bicyclic) bond motifs is 8. The Labute approximate surface area is 701 Å². The Kier molecular flexibility index (Phi) is 40.8. The van der Waals surface area contributed by atoms with Crippen molar-refractivity contribution in [2.75, 3.05) is 126 Å². The van der Waals surface area contributed by atoms with Crippen LogP contribution >= 0.6 is 84.9 Å². The number of para-hydroxylation sites is 4. The summed E-state index contributed by atoms with van der Waals surface area (Å²) in [4.78, 5) is 91.8. The maximum Gasteiger partial charge on any atom is 1.00 e. The van der Waals surface area contributed by atoms with Crippen LogP contribution in [0.1, 0.15) is 13.8 Å². The molecule has 0 spiro atoms. The number of ether oxygens (including phenoxy) is 13. The minimum absolute atomic E-state index is 0. The molecule has 7 N–H and O–H groups in total. The van der Waals surface area contributed by atoms with Crippen LogP contribution in [0, 0.1) is 0 Å². The molecule has 0 aliphatic heterocycles. The Morgan fingerprint density at radius 3 is 1.12 bits per heavy atom. The number of carboxylic acids is 1. The molecule has 12 rings (SSSR count).